The zero-order chi connectivity index (χ0) is 17.5. The van der Waals surface area contributed by atoms with E-state index in [0.717, 1.165) is 43.8 Å². The Morgan fingerprint density at radius 3 is 2.73 bits per heavy atom. The number of rotatable bonds is 3. The average molecular weight is 398 g/mol. The highest BCUT2D eigenvalue weighted by Gasteiger charge is 2.18. The van der Waals surface area contributed by atoms with Crippen LogP contribution in [-0.2, 0) is 12.8 Å². The number of thiophene rings is 1. The molecule has 1 aliphatic carbocycles. The summed E-state index contributed by atoms with van der Waals surface area (Å²) >= 11 is 4.75. The first-order chi connectivity index (χ1) is 12.8. The number of aryl methyl sites for hydroxylation is 2. The van der Waals surface area contributed by atoms with Crippen molar-refractivity contribution in [3.05, 3.63) is 51.8 Å². The van der Waals surface area contributed by atoms with Crippen molar-refractivity contribution in [1.29, 1.82) is 0 Å². The van der Waals surface area contributed by atoms with Crippen LogP contribution in [0.25, 0.3) is 20.1 Å². The lowest BCUT2D eigenvalue weighted by molar-refractivity contribution is 0.103. The highest BCUT2D eigenvalue weighted by molar-refractivity contribution is 7.26. The monoisotopic (exact) mass is 397 g/mol. The molecule has 0 spiro atoms. The van der Waals surface area contributed by atoms with E-state index in [-0.39, 0.29) is 5.91 Å². The Hall–Kier alpha value is -2.09. The van der Waals surface area contributed by atoms with Crippen LogP contribution in [0.5, 0.6) is 0 Å². The van der Waals surface area contributed by atoms with E-state index in [4.69, 9.17) is 0 Å². The fourth-order valence-corrected chi connectivity index (χ4v) is 6.08. The van der Waals surface area contributed by atoms with Gasteiger partial charge in [-0.15, -0.1) is 34.0 Å². The van der Waals surface area contributed by atoms with Crippen molar-refractivity contribution in [2.45, 2.75) is 25.7 Å². The second-order valence-electron chi connectivity index (χ2n) is 6.20. The number of para-hydroxylation sites is 1. The highest BCUT2D eigenvalue weighted by Crippen LogP contribution is 2.35. The molecule has 0 saturated carbocycles. The highest BCUT2D eigenvalue weighted by atomic mass is 32.1. The van der Waals surface area contributed by atoms with Crippen LogP contribution >= 0.6 is 34.0 Å². The van der Waals surface area contributed by atoms with Gasteiger partial charge in [0.2, 0.25) is 0 Å². The molecule has 0 radical (unpaired) electrons. The van der Waals surface area contributed by atoms with Crippen molar-refractivity contribution in [3.8, 4) is 9.88 Å². The fourth-order valence-electron chi connectivity index (χ4n) is 3.12. The van der Waals surface area contributed by atoms with Gasteiger partial charge in [0.1, 0.15) is 5.01 Å². The average Bonchev–Trinajstić information content (AvgIpc) is 3.37. The predicted molar refractivity (Wildman–Crippen MR) is 110 cm³/mol. The van der Waals surface area contributed by atoms with Gasteiger partial charge in [-0.2, -0.15) is 0 Å². The number of carbonyl (C=O) groups is 1. The molecule has 1 aliphatic rings. The van der Waals surface area contributed by atoms with E-state index in [0.29, 0.717) is 4.88 Å². The number of anilines is 1. The largest absolute Gasteiger partial charge is 0.297 e. The summed E-state index contributed by atoms with van der Waals surface area (Å²) in [5.41, 5.74) is 2.16. The normalized spacial score (nSPS) is 13.7. The summed E-state index contributed by atoms with van der Waals surface area (Å²) in [6.45, 7) is 0. The van der Waals surface area contributed by atoms with Gasteiger partial charge in [0.25, 0.3) is 5.91 Å². The van der Waals surface area contributed by atoms with E-state index in [1.54, 1.807) is 22.7 Å². The maximum Gasteiger partial charge on any atom is 0.267 e. The van der Waals surface area contributed by atoms with Gasteiger partial charge in [-0.05, 0) is 49.9 Å². The maximum atomic E-state index is 12.6. The van der Waals surface area contributed by atoms with E-state index in [1.807, 2.05) is 30.3 Å². The number of nitrogens with one attached hydrogen (secondary N) is 1. The Morgan fingerprint density at radius 2 is 1.85 bits per heavy atom. The second-order valence-corrected chi connectivity index (χ2v) is 9.40. The number of hydrogen-bond acceptors (Lipinski definition) is 6. The van der Waals surface area contributed by atoms with Crippen LogP contribution in [0, 0.1) is 0 Å². The number of amides is 1. The van der Waals surface area contributed by atoms with Gasteiger partial charge in [-0.25, -0.2) is 9.97 Å². The van der Waals surface area contributed by atoms with Crippen LogP contribution in [0.1, 0.15) is 33.1 Å². The van der Waals surface area contributed by atoms with Crippen molar-refractivity contribution >= 4 is 55.3 Å². The summed E-state index contributed by atoms with van der Waals surface area (Å²) in [6, 6.07) is 11.9. The minimum atomic E-state index is -0.0894. The molecule has 130 valence electrons. The first-order valence-corrected chi connectivity index (χ1v) is 11.0. The molecule has 3 heterocycles. The lowest BCUT2D eigenvalue weighted by Crippen LogP contribution is -2.09. The Labute approximate surface area is 162 Å². The van der Waals surface area contributed by atoms with E-state index in [9.17, 15) is 4.79 Å². The zero-order valence-electron chi connectivity index (χ0n) is 13.8. The molecule has 0 unspecified atom stereocenters. The summed E-state index contributed by atoms with van der Waals surface area (Å²) in [5.74, 6) is -0.0894. The molecule has 4 nitrogen and oxygen atoms in total. The van der Waals surface area contributed by atoms with E-state index < -0.39 is 0 Å². The smallest absolute Gasteiger partial charge is 0.267 e. The van der Waals surface area contributed by atoms with Crippen molar-refractivity contribution < 1.29 is 4.79 Å². The molecule has 0 atom stereocenters. The Kier molecular flexibility index (Phi) is 4.07. The first kappa shape index (κ1) is 16.1. The Morgan fingerprint density at radius 1 is 0.962 bits per heavy atom. The van der Waals surface area contributed by atoms with Gasteiger partial charge in [0.15, 0.2) is 5.13 Å². The van der Waals surface area contributed by atoms with Gasteiger partial charge in [-0.1, -0.05) is 12.1 Å². The summed E-state index contributed by atoms with van der Waals surface area (Å²) in [4.78, 5) is 24.9. The molecular formula is C19H15N3OS3. The zero-order valence-corrected chi connectivity index (χ0v) is 16.3. The molecule has 1 aromatic carbocycles. The number of aromatic nitrogens is 2. The van der Waals surface area contributed by atoms with Crippen molar-refractivity contribution in [1.82, 2.24) is 9.97 Å². The van der Waals surface area contributed by atoms with E-state index >= 15 is 0 Å². The Bertz CT molecular complexity index is 1050. The van der Waals surface area contributed by atoms with Crippen molar-refractivity contribution in [2.24, 2.45) is 0 Å². The second kappa shape index (κ2) is 6.57. The maximum absolute atomic E-state index is 12.6. The first-order valence-electron chi connectivity index (χ1n) is 8.52. The molecule has 5 rings (SSSR count). The number of hydrogen-bond donors (Lipinski definition) is 1. The summed E-state index contributed by atoms with van der Waals surface area (Å²) in [5, 5.41) is 4.65. The molecule has 1 amide bonds. The van der Waals surface area contributed by atoms with E-state index in [2.05, 4.69) is 21.4 Å². The SMILES string of the molecule is O=C(Nc1nc2c(s1)CCCC2)c1ccc(-c2nc3ccccc3s2)s1. The number of carbonyl (C=O) groups excluding carboxylic acids is 1. The molecule has 0 saturated heterocycles. The van der Waals surface area contributed by atoms with Crippen LogP contribution in [0.4, 0.5) is 5.13 Å². The molecule has 3 aromatic heterocycles. The summed E-state index contributed by atoms with van der Waals surface area (Å²) in [6.07, 6.45) is 4.53. The number of nitrogens with zero attached hydrogens (tertiary/aromatic N) is 2. The Balaban J connectivity index is 1.37. The molecule has 0 bridgehead atoms. The van der Waals surface area contributed by atoms with Gasteiger partial charge in [0.05, 0.1) is 25.7 Å². The third kappa shape index (κ3) is 2.96. The van der Waals surface area contributed by atoms with Crippen LogP contribution in [0.15, 0.2) is 36.4 Å². The minimum absolute atomic E-state index is 0.0894. The van der Waals surface area contributed by atoms with Gasteiger partial charge in [-0.3, -0.25) is 10.1 Å². The molecular weight excluding hydrogens is 382 g/mol. The number of benzene rings is 1. The molecule has 7 heteroatoms. The van der Waals surface area contributed by atoms with Crippen molar-refractivity contribution in [2.75, 3.05) is 5.32 Å². The van der Waals surface area contributed by atoms with Crippen molar-refractivity contribution in [3.63, 3.8) is 0 Å². The quantitative estimate of drug-likeness (QED) is 0.489. The number of thiazole rings is 2. The van der Waals surface area contributed by atoms with Crippen LogP contribution in [0.2, 0.25) is 0 Å². The third-order valence-electron chi connectivity index (χ3n) is 4.40. The van der Waals surface area contributed by atoms with Crippen LogP contribution < -0.4 is 5.32 Å². The summed E-state index contributed by atoms with van der Waals surface area (Å²) in [7, 11) is 0. The molecule has 0 aliphatic heterocycles. The predicted octanol–water partition coefficient (Wildman–Crippen LogP) is 5.61. The fraction of sp³-hybridized carbons (Fsp3) is 0.211. The van der Waals surface area contributed by atoms with Gasteiger partial charge in [0, 0.05) is 4.88 Å². The molecule has 1 N–H and O–H groups in total. The molecule has 0 fully saturated rings. The lowest BCUT2D eigenvalue weighted by Gasteiger charge is -2.06. The summed E-state index contributed by atoms with van der Waals surface area (Å²) < 4.78 is 1.16. The van der Waals surface area contributed by atoms with E-state index in [1.165, 1.54) is 29.1 Å². The number of fused-ring (bicyclic) bond motifs is 2. The van der Waals surface area contributed by atoms with Gasteiger partial charge < -0.3 is 0 Å². The topological polar surface area (TPSA) is 54.9 Å². The van der Waals surface area contributed by atoms with Gasteiger partial charge >= 0.3 is 0 Å². The standard InChI is InChI=1S/C19H15N3OS3/c23-17(22-19-21-12-6-2-4-8-14(12)26-19)15-9-10-16(24-15)18-20-11-5-1-3-7-13(11)25-18/h1,3,5,7,9-10H,2,4,6,8H2,(H,21,22,23). The third-order valence-corrected chi connectivity index (χ3v) is 7.76. The molecule has 26 heavy (non-hydrogen) atoms. The van der Waals surface area contributed by atoms with Crippen LogP contribution in [-0.4, -0.2) is 15.9 Å². The van der Waals surface area contributed by atoms with Crippen LogP contribution in [0.3, 0.4) is 0 Å². The lowest BCUT2D eigenvalue weighted by atomic mass is 10.0. The molecule has 4 aromatic rings. The minimum Gasteiger partial charge on any atom is -0.297 e.